The Balaban J connectivity index is 1.76. The fourth-order valence-corrected chi connectivity index (χ4v) is 5.81. The molecule has 0 amide bonds. The Labute approximate surface area is 132 Å². The van der Waals surface area contributed by atoms with Crippen LogP contribution < -0.4 is 17.8 Å². The van der Waals surface area contributed by atoms with Gasteiger partial charge in [-0.25, -0.2) is 0 Å². The first-order valence-electron chi connectivity index (χ1n) is 6.38. The Bertz CT molecular complexity index is 607. The van der Waals surface area contributed by atoms with Crippen molar-refractivity contribution in [2.24, 2.45) is 0 Å². The first-order valence-corrected chi connectivity index (χ1v) is 9.80. The van der Waals surface area contributed by atoms with Crippen molar-refractivity contribution in [3.05, 3.63) is 84.9 Å². The van der Waals surface area contributed by atoms with E-state index in [0.29, 0.717) is 29.9 Å². The summed E-state index contributed by atoms with van der Waals surface area (Å²) in [5.41, 5.74) is 0. The molecule has 0 heterocycles. The summed E-state index contributed by atoms with van der Waals surface area (Å²) in [6.07, 6.45) is 0. The van der Waals surface area contributed by atoms with Gasteiger partial charge in [0, 0.05) is 0 Å². The van der Waals surface area contributed by atoms with Crippen LogP contribution in [0.2, 0.25) is 0 Å². The second-order valence-corrected chi connectivity index (χ2v) is 8.97. The Hall–Kier alpha value is -1.30. The molecule has 0 saturated heterocycles. The van der Waals surface area contributed by atoms with E-state index in [1.807, 2.05) is 0 Å². The summed E-state index contributed by atoms with van der Waals surface area (Å²) in [5, 5.41) is 0. The Morgan fingerprint density at radius 1 is 0.600 bits per heavy atom. The average molecular weight is 387 g/mol. The summed E-state index contributed by atoms with van der Waals surface area (Å²) in [7, 11) is 0. The summed E-state index contributed by atoms with van der Waals surface area (Å²) < 4.78 is 5.58. The second kappa shape index (κ2) is 6.92. The van der Waals surface area contributed by atoms with E-state index in [4.69, 9.17) is 0 Å². The molecule has 0 aliphatic heterocycles. The molecule has 3 aromatic rings. The number of benzene rings is 3. The van der Waals surface area contributed by atoms with Gasteiger partial charge in [-0.2, -0.15) is 0 Å². The van der Waals surface area contributed by atoms with Gasteiger partial charge in [-0.3, -0.25) is 0 Å². The molecule has 3 rings (SSSR count). The van der Waals surface area contributed by atoms with E-state index in [-0.39, 0.29) is 0 Å². The van der Waals surface area contributed by atoms with Crippen LogP contribution in [0.15, 0.2) is 78.9 Å². The fourth-order valence-electron chi connectivity index (χ4n) is 1.79. The van der Waals surface area contributed by atoms with Crippen LogP contribution in [0, 0.1) is 6.07 Å². The molecule has 0 saturated carbocycles. The predicted octanol–water partition coefficient (Wildman–Crippen LogP) is 0.797. The minimum absolute atomic E-state index is 0.351. The van der Waals surface area contributed by atoms with Gasteiger partial charge in [0.2, 0.25) is 0 Å². The molecule has 3 aromatic carbocycles. The number of hydrogen-bond donors (Lipinski definition) is 0. The van der Waals surface area contributed by atoms with Gasteiger partial charge in [-0.1, -0.05) is 0 Å². The standard InChI is InChI=1S/C18H13Se2/c1-3-8-15(9-4-1)19-17-12-7-13-18(14-17)20-16-10-5-2-6-11-16/h1-12,14H. The normalized spacial score (nSPS) is 10.4. The van der Waals surface area contributed by atoms with Crippen LogP contribution >= 0.6 is 0 Å². The molecule has 0 fully saturated rings. The summed E-state index contributed by atoms with van der Waals surface area (Å²) in [5.74, 6) is 0. The topological polar surface area (TPSA) is 0 Å². The zero-order valence-electron chi connectivity index (χ0n) is 10.8. The maximum absolute atomic E-state index is 3.38. The molecule has 0 aromatic heterocycles. The molecule has 0 aliphatic rings. The van der Waals surface area contributed by atoms with Crippen LogP contribution in [0.25, 0.3) is 0 Å². The van der Waals surface area contributed by atoms with Crippen LogP contribution in [0.4, 0.5) is 0 Å². The van der Waals surface area contributed by atoms with E-state index < -0.39 is 0 Å². The SMILES string of the molecule is [c]1ccc([Se]c2ccccc2)cc1[Se]c1ccccc1. The van der Waals surface area contributed by atoms with E-state index in [2.05, 4.69) is 84.9 Å². The van der Waals surface area contributed by atoms with Crippen molar-refractivity contribution in [3.63, 3.8) is 0 Å². The van der Waals surface area contributed by atoms with E-state index in [1.54, 1.807) is 0 Å². The number of rotatable bonds is 4. The van der Waals surface area contributed by atoms with Gasteiger partial charge >= 0.3 is 133 Å². The molecule has 0 unspecified atom stereocenters. The fraction of sp³-hybridized carbons (Fsp3) is 0. The molecule has 0 nitrogen and oxygen atoms in total. The molecular weight excluding hydrogens is 374 g/mol. The van der Waals surface area contributed by atoms with E-state index in [0.717, 1.165) is 0 Å². The van der Waals surface area contributed by atoms with Crippen LogP contribution in [-0.4, -0.2) is 29.9 Å². The van der Waals surface area contributed by atoms with Crippen molar-refractivity contribution in [1.82, 2.24) is 0 Å². The summed E-state index contributed by atoms with van der Waals surface area (Å²) in [4.78, 5) is 0. The molecule has 97 valence electrons. The Morgan fingerprint density at radius 3 is 1.85 bits per heavy atom. The minimum atomic E-state index is 0.351. The zero-order chi connectivity index (χ0) is 13.6. The summed E-state index contributed by atoms with van der Waals surface area (Å²) >= 11 is 0.738. The molecule has 1 radical (unpaired) electrons. The van der Waals surface area contributed by atoms with E-state index in [1.165, 1.54) is 17.8 Å². The molecule has 2 heteroatoms. The van der Waals surface area contributed by atoms with Gasteiger partial charge in [-0.15, -0.1) is 0 Å². The maximum atomic E-state index is 3.38. The second-order valence-electron chi connectivity index (χ2n) is 4.22. The van der Waals surface area contributed by atoms with Crippen LogP contribution in [0.3, 0.4) is 0 Å². The van der Waals surface area contributed by atoms with Crippen LogP contribution in [0.5, 0.6) is 0 Å². The van der Waals surface area contributed by atoms with Gasteiger partial charge in [0.25, 0.3) is 0 Å². The summed E-state index contributed by atoms with van der Waals surface area (Å²) in [6.45, 7) is 0. The van der Waals surface area contributed by atoms with Crippen LogP contribution in [-0.2, 0) is 0 Å². The Morgan fingerprint density at radius 2 is 1.20 bits per heavy atom. The average Bonchev–Trinajstić information content (AvgIpc) is 2.50. The van der Waals surface area contributed by atoms with Crippen molar-refractivity contribution in [1.29, 1.82) is 0 Å². The van der Waals surface area contributed by atoms with E-state index >= 15 is 0 Å². The zero-order valence-corrected chi connectivity index (χ0v) is 14.2. The van der Waals surface area contributed by atoms with Gasteiger partial charge in [0.05, 0.1) is 0 Å². The Kier molecular flexibility index (Phi) is 4.73. The van der Waals surface area contributed by atoms with Crippen molar-refractivity contribution in [2.45, 2.75) is 0 Å². The first-order chi connectivity index (χ1) is 9.90. The number of hydrogen-bond acceptors (Lipinski definition) is 0. The third kappa shape index (κ3) is 3.85. The third-order valence-corrected chi connectivity index (χ3v) is 6.81. The van der Waals surface area contributed by atoms with Gasteiger partial charge < -0.3 is 0 Å². The van der Waals surface area contributed by atoms with E-state index in [9.17, 15) is 0 Å². The molecule has 0 atom stereocenters. The molecular formula is C18H13Se2. The monoisotopic (exact) mass is 389 g/mol. The van der Waals surface area contributed by atoms with Crippen molar-refractivity contribution < 1.29 is 0 Å². The molecule has 0 bridgehead atoms. The molecule has 0 N–H and O–H groups in total. The molecule has 0 aliphatic carbocycles. The van der Waals surface area contributed by atoms with Gasteiger partial charge in [0.15, 0.2) is 0 Å². The van der Waals surface area contributed by atoms with Crippen LogP contribution in [0.1, 0.15) is 0 Å². The molecule has 20 heavy (non-hydrogen) atoms. The first kappa shape index (κ1) is 13.7. The van der Waals surface area contributed by atoms with Crippen molar-refractivity contribution in [3.8, 4) is 0 Å². The summed E-state index contributed by atoms with van der Waals surface area (Å²) in [6, 6.07) is 31.3. The van der Waals surface area contributed by atoms with Crippen molar-refractivity contribution >= 4 is 47.8 Å². The third-order valence-electron chi connectivity index (χ3n) is 2.70. The van der Waals surface area contributed by atoms with Crippen molar-refractivity contribution in [2.75, 3.05) is 0 Å². The quantitative estimate of drug-likeness (QED) is 0.581. The van der Waals surface area contributed by atoms with Gasteiger partial charge in [0.1, 0.15) is 0 Å². The van der Waals surface area contributed by atoms with Gasteiger partial charge in [-0.05, 0) is 0 Å². The predicted molar refractivity (Wildman–Crippen MR) is 88.2 cm³/mol. The molecule has 0 spiro atoms.